The summed E-state index contributed by atoms with van der Waals surface area (Å²) in [6.07, 6.45) is -0.162. The number of rotatable bonds is 8. The first-order valence-corrected chi connectivity index (χ1v) is 14.7. The minimum Gasteiger partial charge on any atom is -0.349 e. The molecule has 2 bridgehead atoms. The van der Waals surface area contributed by atoms with Crippen LogP contribution in [0.2, 0.25) is 0 Å². The predicted molar refractivity (Wildman–Crippen MR) is 149 cm³/mol. The SMILES string of the molecule is CCC(=O)N1CC(C(=O)N[C@@H](CCN2[C@@H]3CC[C@H]2CC(n2c(C(F)(F)F)nc4ccccc42)C3)c2ccccc2)C1. The molecule has 10 heteroatoms. The molecule has 1 unspecified atom stereocenters. The van der Waals surface area contributed by atoms with Gasteiger partial charge < -0.3 is 14.8 Å². The number of benzene rings is 2. The van der Waals surface area contributed by atoms with E-state index in [2.05, 4.69) is 15.2 Å². The van der Waals surface area contributed by atoms with Crippen molar-refractivity contribution in [2.45, 2.75) is 75.8 Å². The van der Waals surface area contributed by atoms with E-state index in [0.717, 1.165) is 24.9 Å². The summed E-state index contributed by atoms with van der Waals surface area (Å²) in [6.45, 7) is 3.49. The molecule has 1 aromatic heterocycles. The summed E-state index contributed by atoms with van der Waals surface area (Å²) in [6, 6.07) is 16.7. The molecule has 2 aromatic carbocycles. The molecule has 0 spiro atoms. The van der Waals surface area contributed by atoms with Crippen LogP contribution in [0.4, 0.5) is 13.2 Å². The molecule has 4 atom stereocenters. The highest BCUT2D eigenvalue weighted by Crippen LogP contribution is 2.44. The second kappa shape index (κ2) is 11.1. The fourth-order valence-corrected chi connectivity index (χ4v) is 7.08. The highest BCUT2D eigenvalue weighted by atomic mass is 19.4. The molecule has 3 aromatic rings. The van der Waals surface area contributed by atoms with Crippen LogP contribution in [-0.4, -0.2) is 62.9 Å². The van der Waals surface area contributed by atoms with Gasteiger partial charge in [-0.05, 0) is 49.8 Å². The number of aromatic nitrogens is 2. The zero-order valence-electron chi connectivity index (χ0n) is 23.2. The van der Waals surface area contributed by atoms with Gasteiger partial charge in [-0.1, -0.05) is 49.4 Å². The number of nitrogens with one attached hydrogen (secondary N) is 1. The smallest absolute Gasteiger partial charge is 0.349 e. The van der Waals surface area contributed by atoms with Crippen molar-refractivity contribution in [2.75, 3.05) is 19.6 Å². The molecular weight excluding hydrogens is 531 g/mol. The fraction of sp³-hybridized carbons (Fsp3) is 0.516. The third-order valence-corrected chi connectivity index (χ3v) is 9.18. The zero-order chi connectivity index (χ0) is 28.7. The number of hydrogen-bond acceptors (Lipinski definition) is 4. The second-order valence-electron chi connectivity index (χ2n) is 11.6. The summed E-state index contributed by atoms with van der Waals surface area (Å²) in [4.78, 5) is 33.1. The van der Waals surface area contributed by atoms with Crippen molar-refractivity contribution in [3.63, 3.8) is 0 Å². The highest BCUT2D eigenvalue weighted by Gasteiger charge is 2.45. The van der Waals surface area contributed by atoms with Gasteiger partial charge in [-0.3, -0.25) is 14.5 Å². The number of piperidine rings is 1. The van der Waals surface area contributed by atoms with Gasteiger partial charge in [-0.2, -0.15) is 13.2 Å². The Kier molecular flexibility index (Phi) is 7.52. The van der Waals surface area contributed by atoms with Crippen LogP contribution < -0.4 is 5.32 Å². The Hall–Kier alpha value is -3.40. The minimum atomic E-state index is -4.52. The molecule has 2 amide bonds. The summed E-state index contributed by atoms with van der Waals surface area (Å²) in [5.41, 5.74) is 1.95. The number of amides is 2. The van der Waals surface area contributed by atoms with Gasteiger partial charge in [0.05, 0.1) is 23.0 Å². The summed E-state index contributed by atoms with van der Waals surface area (Å²) in [7, 11) is 0. The molecule has 4 heterocycles. The lowest BCUT2D eigenvalue weighted by Gasteiger charge is -2.41. The summed E-state index contributed by atoms with van der Waals surface area (Å²) in [5.74, 6) is -0.971. The van der Waals surface area contributed by atoms with Crippen LogP contribution in [0.15, 0.2) is 54.6 Å². The van der Waals surface area contributed by atoms with Crippen LogP contribution >= 0.6 is 0 Å². The number of carbonyl (C=O) groups excluding carboxylic acids is 2. The number of alkyl halides is 3. The molecule has 6 rings (SSSR count). The number of carbonyl (C=O) groups is 2. The molecule has 0 aliphatic carbocycles. The highest BCUT2D eigenvalue weighted by molar-refractivity contribution is 5.84. The molecule has 41 heavy (non-hydrogen) atoms. The van der Waals surface area contributed by atoms with Crippen molar-refractivity contribution in [3.8, 4) is 0 Å². The molecular formula is C31H36F3N5O2. The Bertz CT molecular complexity index is 1390. The molecule has 0 radical (unpaired) electrons. The van der Waals surface area contributed by atoms with Crippen LogP contribution in [-0.2, 0) is 15.8 Å². The molecule has 218 valence electrons. The van der Waals surface area contributed by atoms with E-state index in [0.29, 0.717) is 49.8 Å². The lowest BCUT2D eigenvalue weighted by Crippen LogP contribution is -2.56. The lowest BCUT2D eigenvalue weighted by atomic mass is 9.94. The summed E-state index contributed by atoms with van der Waals surface area (Å²) < 4.78 is 43.5. The summed E-state index contributed by atoms with van der Waals surface area (Å²) >= 11 is 0. The third-order valence-electron chi connectivity index (χ3n) is 9.18. The first kappa shape index (κ1) is 27.8. The van der Waals surface area contributed by atoms with Gasteiger partial charge >= 0.3 is 6.18 Å². The van der Waals surface area contributed by atoms with Gasteiger partial charge in [0.2, 0.25) is 17.6 Å². The van der Waals surface area contributed by atoms with E-state index in [-0.39, 0.29) is 41.9 Å². The Balaban J connectivity index is 1.14. The molecule has 3 aliphatic rings. The number of imidazole rings is 1. The van der Waals surface area contributed by atoms with E-state index in [4.69, 9.17) is 0 Å². The topological polar surface area (TPSA) is 70.5 Å². The van der Waals surface area contributed by atoms with Gasteiger partial charge in [-0.25, -0.2) is 4.98 Å². The average Bonchev–Trinajstić information content (AvgIpc) is 3.44. The number of para-hydroxylation sites is 2. The van der Waals surface area contributed by atoms with E-state index < -0.39 is 12.0 Å². The van der Waals surface area contributed by atoms with Gasteiger partial charge in [0, 0.05) is 44.2 Å². The average molecular weight is 568 g/mol. The standard InChI is InChI=1S/C31H36F3N5O2/c1-2-28(40)37-18-21(19-37)29(41)35-25(20-8-4-3-5-9-20)14-15-38-22-12-13-23(38)17-24(16-22)39-27-11-7-6-10-26(27)36-30(39)31(32,33)34/h3-11,21-25H,2,12-19H2,1H3,(H,35,41)/t22-,23+,24?,25-/m0/s1. The fourth-order valence-electron chi connectivity index (χ4n) is 7.08. The Morgan fingerprint density at radius 3 is 2.29 bits per heavy atom. The number of halogens is 3. The van der Waals surface area contributed by atoms with Crippen molar-refractivity contribution in [1.82, 2.24) is 24.7 Å². The van der Waals surface area contributed by atoms with E-state index in [1.807, 2.05) is 37.3 Å². The number of hydrogen-bond donors (Lipinski definition) is 1. The van der Waals surface area contributed by atoms with Crippen LogP contribution in [0, 0.1) is 5.92 Å². The van der Waals surface area contributed by atoms with Crippen molar-refractivity contribution in [3.05, 3.63) is 66.0 Å². The molecule has 7 nitrogen and oxygen atoms in total. The summed E-state index contributed by atoms with van der Waals surface area (Å²) in [5, 5.41) is 3.24. The molecule has 1 N–H and O–H groups in total. The maximum Gasteiger partial charge on any atom is 0.449 e. The lowest BCUT2D eigenvalue weighted by molar-refractivity contribution is -0.148. The van der Waals surface area contributed by atoms with Crippen molar-refractivity contribution in [1.29, 1.82) is 0 Å². The number of likely N-dealkylation sites (tertiary alicyclic amines) is 1. The molecule has 3 aliphatic heterocycles. The first-order valence-electron chi connectivity index (χ1n) is 14.7. The number of nitrogens with zero attached hydrogens (tertiary/aromatic N) is 4. The Morgan fingerprint density at radius 1 is 0.976 bits per heavy atom. The van der Waals surface area contributed by atoms with E-state index in [1.165, 1.54) is 4.57 Å². The van der Waals surface area contributed by atoms with Crippen LogP contribution in [0.5, 0.6) is 0 Å². The Morgan fingerprint density at radius 2 is 1.63 bits per heavy atom. The normalized spacial score (nSPS) is 23.9. The minimum absolute atomic E-state index is 0.0349. The van der Waals surface area contributed by atoms with Gasteiger partial charge in [0.1, 0.15) is 0 Å². The second-order valence-corrected chi connectivity index (χ2v) is 11.6. The maximum atomic E-state index is 14.0. The van der Waals surface area contributed by atoms with Gasteiger partial charge in [0.25, 0.3) is 0 Å². The third kappa shape index (κ3) is 5.46. The monoisotopic (exact) mass is 567 g/mol. The molecule has 0 saturated carbocycles. The maximum absolute atomic E-state index is 14.0. The zero-order valence-corrected chi connectivity index (χ0v) is 23.2. The Labute approximate surface area is 237 Å². The van der Waals surface area contributed by atoms with Crippen molar-refractivity contribution >= 4 is 22.8 Å². The van der Waals surface area contributed by atoms with Gasteiger partial charge in [-0.15, -0.1) is 0 Å². The van der Waals surface area contributed by atoms with Crippen molar-refractivity contribution < 1.29 is 22.8 Å². The largest absolute Gasteiger partial charge is 0.449 e. The van der Waals surface area contributed by atoms with E-state index >= 15 is 0 Å². The van der Waals surface area contributed by atoms with Crippen LogP contribution in [0.3, 0.4) is 0 Å². The van der Waals surface area contributed by atoms with Crippen LogP contribution in [0.1, 0.15) is 68.9 Å². The van der Waals surface area contributed by atoms with Gasteiger partial charge in [0.15, 0.2) is 0 Å². The van der Waals surface area contributed by atoms with E-state index in [1.54, 1.807) is 29.2 Å². The first-order chi connectivity index (χ1) is 19.7. The molecule has 3 saturated heterocycles. The quantitative estimate of drug-likeness (QED) is 0.399. The predicted octanol–water partition coefficient (Wildman–Crippen LogP) is 5.34. The number of fused-ring (bicyclic) bond motifs is 3. The van der Waals surface area contributed by atoms with Crippen LogP contribution in [0.25, 0.3) is 11.0 Å². The molecule has 3 fully saturated rings. The van der Waals surface area contributed by atoms with E-state index in [9.17, 15) is 22.8 Å². The van der Waals surface area contributed by atoms with Crippen molar-refractivity contribution in [2.24, 2.45) is 5.92 Å².